The molecule has 3 aromatic rings. The second kappa shape index (κ2) is 8.68. The molecular formula is C22H24N4O3. The molecule has 7 heteroatoms. The number of hydrogen-bond acceptors (Lipinski definition) is 4. The third-order valence-electron chi connectivity index (χ3n) is 4.71. The van der Waals surface area contributed by atoms with E-state index in [9.17, 15) is 14.4 Å². The fourth-order valence-corrected chi connectivity index (χ4v) is 3.15. The lowest BCUT2D eigenvalue weighted by molar-refractivity contribution is -0.131. The molecule has 2 aromatic carbocycles. The van der Waals surface area contributed by atoms with Gasteiger partial charge in [0.2, 0.25) is 11.8 Å². The minimum atomic E-state index is -0.424. The zero-order chi connectivity index (χ0) is 21.0. The van der Waals surface area contributed by atoms with Crippen LogP contribution < -0.4 is 10.9 Å². The van der Waals surface area contributed by atoms with Crippen LogP contribution in [0.2, 0.25) is 0 Å². The Morgan fingerprint density at radius 1 is 1.14 bits per heavy atom. The van der Waals surface area contributed by atoms with E-state index in [4.69, 9.17) is 0 Å². The SMILES string of the molecule is CC(=O)NC(CC(=O)N(C)Cc1nc2ccccc2c(=O)[nH]1)c1ccc(C)cc1. The van der Waals surface area contributed by atoms with E-state index in [1.54, 1.807) is 25.2 Å². The van der Waals surface area contributed by atoms with Gasteiger partial charge in [-0.25, -0.2) is 4.98 Å². The molecule has 0 saturated heterocycles. The van der Waals surface area contributed by atoms with Crippen LogP contribution in [0.25, 0.3) is 10.9 Å². The summed E-state index contributed by atoms with van der Waals surface area (Å²) in [6.07, 6.45) is 0.108. The standard InChI is InChI=1S/C22H24N4O3/c1-14-8-10-16(11-9-14)19(23-15(2)27)12-21(28)26(3)13-20-24-18-7-5-4-6-17(18)22(29)25-20/h4-11,19H,12-13H2,1-3H3,(H,23,27)(H,24,25,29). The molecule has 1 atom stereocenters. The third kappa shape index (κ3) is 5.07. The van der Waals surface area contributed by atoms with Crippen molar-refractivity contribution in [3.05, 3.63) is 75.8 Å². The molecule has 3 rings (SSSR count). The van der Waals surface area contributed by atoms with E-state index >= 15 is 0 Å². The molecule has 0 aliphatic rings. The minimum Gasteiger partial charge on any atom is -0.349 e. The number of benzene rings is 2. The summed E-state index contributed by atoms with van der Waals surface area (Å²) in [6, 6.07) is 14.3. The van der Waals surface area contributed by atoms with Crippen LogP contribution in [-0.2, 0) is 16.1 Å². The summed E-state index contributed by atoms with van der Waals surface area (Å²) >= 11 is 0. The first-order chi connectivity index (χ1) is 13.8. The number of aryl methyl sites for hydroxylation is 1. The van der Waals surface area contributed by atoms with Crippen molar-refractivity contribution in [2.75, 3.05) is 7.05 Å². The highest BCUT2D eigenvalue weighted by molar-refractivity contribution is 5.79. The quantitative estimate of drug-likeness (QED) is 0.674. The van der Waals surface area contributed by atoms with Crippen molar-refractivity contribution in [3.63, 3.8) is 0 Å². The van der Waals surface area contributed by atoms with Gasteiger partial charge in [-0.1, -0.05) is 42.0 Å². The van der Waals surface area contributed by atoms with Gasteiger partial charge in [-0.2, -0.15) is 0 Å². The Kier molecular flexibility index (Phi) is 6.07. The van der Waals surface area contributed by atoms with Gasteiger partial charge in [0.05, 0.1) is 29.9 Å². The molecule has 29 heavy (non-hydrogen) atoms. The average molecular weight is 392 g/mol. The highest BCUT2D eigenvalue weighted by atomic mass is 16.2. The second-order valence-electron chi connectivity index (χ2n) is 7.15. The highest BCUT2D eigenvalue weighted by Gasteiger charge is 2.20. The molecule has 7 nitrogen and oxygen atoms in total. The molecule has 2 amide bonds. The van der Waals surface area contributed by atoms with Crippen LogP contribution in [0.4, 0.5) is 0 Å². The summed E-state index contributed by atoms with van der Waals surface area (Å²) < 4.78 is 0. The van der Waals surface area contributed by atoms with Crippen molar-refractivity contribution in [1.29, 1.82) is 0 Å². The first-order valence-corrected chi connectivity index (χ1v) is 9.39. The normalized spacial score (nSPS) is 11.8. The molecule has 0 spiro atoms. The van der Waals surface area contributed by atoms with Crippen LogP contribution >= 0.6 is 0 Å². The summed E-state index contributed by atoms with van der Waals surface area (Å²) in [6.45, 7) is 3.58. The molecule has 0 saturated carbocycles. The number of aromatic nitrogens is 2. The number of nitrogens with one attached hydrogen (secondary N) is 2. The van der Waals surface area contributed by atoms with E-state index in [0.717, 1.165) is 11.1 Å². The molecule has 0 fully saturated rings. The second-order valence-corrected chi connectivity index (χ2v) is 7.15. The molecule has 1 aromatic heterocycles. The molecule has 0 radical (unpaired) electrons. The Bertz CT molecular complexity index is 1090. The van der Waals surface area contributed by atoms with Crippen molar-refractivity contribution in [3.8, 4) is 0 Å². The number of amides is 2. The lowest BCUT2D eigenvalue weighted by Crippen LogP contribution is -2.34. The smallest absolute Gasteiger partial charge is 0.258 e. The number of rotatable bonds is 6. The fourth-order valence-electron chi connectivity index (χ4n) is 3.15. The summed E-state index contributed by atoms with van der Waals surface area (Å²) in [5.74, 6) is 0.0441. The number of hydrogen-bond donors (Lipinski definition) is 2. The molecular weight excluding hydrogens is 368 g/mol. The molecule has 2 N–H and O–H groups in total. The molecule has 150 valence electrons. The summed E-state index contributed by atoms with van der Waals surface area (Å²) in [7, 11) is 1.65. The first kappa shape index (κ1) is 20.3. The Labute approximate surface area is 168 Å². The first-order valence-electron chi connectivity index (χ1n) is 9.39. The summed E-state index contributed by atoms with van der Waals surface area (Å²) in [4.78, 5) is 45.3. The molecule has 0 aliphatic heterocycles. The monoisotopic (exact) mass is 392 g/mol. The van der Waals surface area contributed by atoms with Gasteiger partial charge in [0.25, 0.3) is 5.56 Å². The summed E-state index contributed by atoms with van der Waals surface area (Å²) in [5, 5.41) is 3.35. The van der Waals surface area contributed by atoms with Crippen molar-refractivity contribution >= 4 is 22.7 Å². The number of carbonyl (C=O) groups excluding carboxylic acids is 2. The number of nitrogens with zero attached hydrogens (tertiary/aromatic N) is 2. The molecule has 1 unspecified atom stereocenters. The Balaban J connectivity index is 1.75. The van der Waals surface area contributed by atoms with Gasteiger partial charge in [0, 0.05) is 14.0 Å². The van der Waals surface area contributed by atoms with Gasteiger partial charge in [-0.3, -0.25) is 14.4 Å². The zero-order valence-electron chi connectivity index (χ0n) is 16.7. The largest absolute Gasteiger partial charge is 0.349 e. The van der Waals surface area contributed by atoms with Gasteiger partial charge >= 0.3 is 0 Å². The lowest BCUT2D eigenvalue weighted by Gasteiger charge is -2.22. The number of H-pyrrole nitrogens is 1. The van der Waals surface area contributed by atoms with E-state index in [-0.39, 0.29) is 30.3 Å². The maximum atomic E-state index is 12.8. The zero-order valence-corrected chi connectivity index (χ0v) is 16.7. The van der Waals surface area contributed by atoms with Crippen LogP contribution in [0.15, 0.2) is 53.3 Å². The predicted octanol–water partition coefficient (Wildman–Crippen LogP) is 2.46. The van der Waals surface area contributed by atoms with Crippen molar-refractivity contribution < 1.29 is 9.59 Å². The number of carbonyl (C=O) groups is 2. The maximum Gasteiger partial charge on any atom is 0.258 e. The van der Waals surface area contributed by atoms with Gasteiger partial charge in [-0.15, -0.1) is 0 Å². The van der Waals surface area contributed by atoms with Crippen molar-refractivity contribution in [1.82, 2.24) is 20.2 Å². The summed E-state index contributed by atoms with van der Waals surface area (Å²) in [5.41, 5.74) is 2.32. The third-order valence-corrected chi connectivity index (χ3v) is 4.71. The van der Waals surface area contributed by atoms with E-state index < -0.39 is 6.04 Å². The van der Waals surface area contributed by atoms with E-state index in [2.05, 4.69) is 15.3 Å². The van der Waals surface area contributed by atoms with Crippen LogP contribution in [-0.4, -0.2) is 33.7 Å². The topological polar surface area (TPSA) is 95.2 Å². The van der Waals surface area contributed by atoms with E-state index in [1.807, 2.05) is 37.3 Å². The Morgan fingerprint density at radius 3 is 2.52 bits per heavy atom. The Morgan fingerprint density at radius 2 is 1.83 bits per heavy atom. The minimum absolute atomic E-state index is 0.108. The predicted molar refractivity (Wildman–Crippen MR) is 111 cm³/mol. The molecule has 1 heterocycles. The van der Waals surface area contributed by atoms with Crippen LogP contribution in [0.3, 0.4) is 0 Å². The lowest BCUT2D eigenvalue weighted by atomic mass is 10.0. The molecule has 0 aliphatic carbocycles. The number of para-hydroxylation sites is 1. The molecule has 0 bridgehead atoms. The Hall–Kier alpha value is -3.48. The van der Waals surface area contributed by atoms with Crippen LogP contribution in [0, 0.1) is 6.92 Å². The van der Waals surface area contributed by atoms with E-state index in [1.165, 1.54) is 11.8 Å². The van der Waals surface area contributed by atoms with Gasteiger partial charge in [-0.05, 0) is 24.6 Å². The van der Waals surface area contributed by atoms with Gasteiger partial charge in [0.1, 0.15) is 5.82 Å². The average Bonchev–Trinajstić information content (AvgIpc) is 2.67. The van der Waals surface area contributed by atoms with Gasteiger partial charge in [0.15, 0.2) is 0 Å². The van der Waals surface area contributed by atoms with E-state index in [0.29, 0.717) is 16.7 Å². The number of aromatic amines is 1. The van der Waals surface area contributed by atoms with Crippen LogP contribution in [0.1, 0.15) is 36.3 Å². The highest BCUT2D eigenvalue weighted by Crippen LogP contribution is 2.19. The van der Waals surface area contributed by atoms with Crippen LogP contribution in [0.5, 0.6) is 0 Å². The fraction of sp³-hybridized carbons (Fsp3) is 0.273. The maximum absolute atomic E-state index is 12.8. The van der Waals surface area contributed by atoms with Gasteiger partial charge < -0.3 is 15.2 Å². The van der Waals surface area contributed by atoms with Crippen molar-refractivity contribution in [2.45, 2.75) is 32.9 Å². The number of fused-ring (bicyclic) bond motifs is 1. The van der Waals surface area contributed by atoms with Crippen molar-refractivity contribution in [2.24, 2.45) is 0 Å².